The van der Waals surface area contributed by atoms with Crippen molar-refractivity contribution < 1.29 is 24.6 Å². The van der Waals surface area contributed by atoms with Gasteiger partial charge in [0.25, 0.3) is 11.8 Å². The smallest absolute Gasteiger partial charge is 0.254 e. The first-order valence-corrected chi connectivity index (χ1v) is 12.9. The second-order valence-electron chi connectivity index (χ2n) is 9.20. The Kier molecular flexibility index (Phi) is 10.5. The van der Waals surface area contributed by atoms with Gasteiger partial charge in [0, 0.05) is 22.9 Å². The molecule has 0 saturated heterocycles. The van der Waals surface area contributed by atoms with E-state index in [2.05, 4.69) is 10.6 Å². The maximum Gasteiger partial charge on any atom is 0.254 e. The predicted octanol–water partition coefficient (Wildman–Crippen LogP) is 2.01. The first-order chi connectivity index (χ1) is 17.4. The van der Waals surface area contributed by atoms with Crippen LogP contribution in [0.5, 0.6) is 5.75 Å². The van der Waals surface area contributed by atoms with E-state index in [-0.39, 0.29) is 24.3 Å². The van der Waals surface area contributed by atoms with Crippen LogP contribution < -0.4 is 10.6 Å². The van der Waals surface area contributed by atoms with E-state index >= 15 is 0 Å². The van der Waals surface area contributed by atoms with Crippen molar-refractivity contribution in [3.05, 3.63) is 65.2 Å². The number of nitrogens with one attached hydrogen (secondary N) is 2. The molecule has 0 aliphatic heterocycles. The van der Waals surface area contributed by atoms with Gasteiger partial charge < -0.3 is 25.7 Å². The highest BCUT2D eigenvalue weighted by Gasteiger charge is 2.42. The summed E-state index contributed by atoms with van der Waals surface area (Å²) in [6, 6.07) is 13.4. The van der Waals surface area contributed by atoms with Gasteiger partial charge in [0.05, 0.1) is 12.1 Å². The van der Waals surface area contributed by atoms with Gasteiger partial charge in [-0.05, 0) is 51.1 Å². The molecule has 0 aromatic heterocycles. The molecule has 0 spiro atoms. The number of aliphatic hydroxyl groups is 1. The number of phenols is 1. The van der Waals surface area contributed by atoms with E-state index in [0.717, 1.165) is 10.5 Å². The zero-order chi connectivity index (χ0) is 27.8. The van der Waals surface area contributed by atoms with Crippen LogP contribution in [0.4, 0.5) is 0 Å². The largest absolute Gasteiger partial charge is 0.508 e. The molecule has 0 saturated carbocycles. The fourth-order valence-electron chi connectivity index (χ4n) is 4.03. The maximum atomic E-state index is 13.5. The topological polar surface area (TPSA) is 143 Å². The highest BCUT2D eigenvalue weighted by Crippen LogP contribution is 2.29. The summed E-state index contributed by atoms with van der Waals surface area (Å²) in [4.78, 5) is 40.7. The molecule has 0 aliphatic rings. The summed E-state index contributed by atoms with van der Waals surface area (Å²) in [5, 5.41) is 35.4. The van der Waals surface area contributed by atoms with Crippen LogP contribution in [0.2, 0.25) is 0 Å². The molecule has 0 bridgehead atoms. The fourth-order valence-corrected chi connectivity index (χ4v) is 4.51. The number of hydrogen-bond acceptors (Lipinski definition) is 7. The molecule has 9 nitrogen and oxygen atoms in total. The van der Waals surface area contributed by atoms with Gasteiger partial charge in [-0.15, -0.1) is 0 Å². The number of carbonyl (C=O) groups excluding carboxylic acids is 3. The van der Waals surface area contributed by atoms with Crippen molar-refractivity contribution in [2.75, 3.05) is 19.8 Å². The molecule has 0 unspecified atom stereocenters. The lowest BCUT2D eigenvalue weighted by molar-refractivity contribution is -0.147. The Morgan fingerprint density at radius 3 is 2.38 bits per heavy atom. The van der Waals surface area contributed by atoms with Gasteiger partial charge in [-0.25, -0.2) is 0 Å². The van der Waals surface area contributed by atoms with Crippen LogP contribution in [0.3, 0.4) is 0 Å². The normalized spacial score (nSPS) is 13.5. The lowest BCUT2D eigenvalue weighted by Gasteiger charge is -2.39. The SMILES string of the molecule is CSC(C)(C)[C@@H](C(=O)NCC#N)N(C)C(=O)[C@@H](O)[C@H](Cc1ccccc1)NC(=O)c1cccc(O)c1C. The minimum Gasteiger partial charge on any atom is -0.508 e. The minimum atomic E-state index is -1.68. The monoisotopic (exact) mass is 526 g/mol. The molecule has 198 valence electrons. The minimum absolute atomic E-state index is 0.0471. The van der Waals surface area contributed by atoms with Gasteiger partial charge in [-0.2, -0.15) is 17.0 Å². The molecule has 0 radical (unpaired) electrons. The number of benzene rings is 2. The van der Waals surface area contributed by atoms with E-state index in [1.165, 1.54) is 30.9 Å². The third-order valence-electron chi connectivity index (χ3n) is 6.31. The first kappa shape index (κ1) is 29.7. The molecule has 3 atom stereocenters. The Hall–Kier alpha value is -3.55. The van der Waals surface area contributed by atoms with Crippen LogP contribution in [0.15, 0.2) is 48.5 Å². The van der Waals surface area contributed by atoms with Crippen molar-refractivity contribution in [2.24, 2.45) is 0 Å². The Morgan fingerprint density at radius 1 is 1.14 bits per heavy atom. The van der Waals surface area contributed by atoms with Crippen LogP contribution in [0.25, 0.3) is 0 Å². The summed E-state index contributed by atoms with van der Waals surface area (Å²) in [6.45, 7) is 4.96. The number of hydrogen-bond donors (Lipinski definition) is 4. The lowest BCUT2D eigenvalue weighted by Crippen LogP contribution is -2.61. The molecule has 2 aromatic carbocycles. The van der Waals surface area contributed by atoms with Gasteiger partial charge in [-0.1, -0.05) is 36.4 Å². The molecule has 37 heavy (non-hydrogen) atoms. The van der Waals surface area contributed by atoms with E-state index in [0.29, 0.717) is 5.56 Å². The molecule has 0 heterocycles. The van der Waals surface area contributed by atoms with E-state index < -0.39 is 40.7 Å². The van der Waals surface area contributed by atoms with Crippen molar-refractivity contribution in [2.45, 2.75) is 50.1 Å². The number of phenolic OH excluding ortho intramolecular Hbond substituents is 1. The number of rotatable bonds is 11. The van der Waals surface area contributed by atoms with Crippen LogP contribution in [-0.4, -0.2) is 75.6 Å². The average Bonchev–Trinajstić information content (AvgIpc) is 2.88. The Bertz CT molecular complexity index is 1150. The van der Waals surface area contributed by atoms with Gasteiger partial charge in [0.2, 0.25) is 5.91 Å². The number of likely N-dealkylation sites (N-methyl/N-ethyl adjacent to an activating group) is 1. The number of carbonyl (C=O) groups is 3. The third kappa shape index (κ3) is 7.47. The molecule has 0 aliphatic carbocycles. The molecule has 0 fully saturated rings. The van der Waals surface area contributed by atoms with Gasteiger partial charge >= 0.3 is 0 Å². The summed E-state index contributed by atoms with van der Waals surface area (Å²) in [5.74, 6) is -1.89. The first-order valence-electron chi connectivity index (χ1n) is 11.7. The number of nitrogens with zero attached hydrogens (tertiary/aromatic N) is 2. The van der Waals surface area contributed by atoms with Crippen molar-refractivity contribution in [1.29, 1.82) is 5.26 Å². The highest BCUT2D eigenvalue weighted by atomic mass is 32.2. The summed E-state index contributed by atoms with van der Waals surface area (Å²) in [6.07, 6.45) is 0.258. The van der Waals surface area contributed by atoms with Crippen LogP contribution in [0, 0.1) is 18.3 Å². The van der Waals surface area contributed by atoms with Crippen molar-refractivity contribution in [3.63, 3.8) is 0 Å². The number of aliphatic hydroxyl groups excluding tert-OH is 1. The highest BCUT2D eigenvalue weighted by molar-refractivity contribution is 8.00. The van der Waals surface area contributed by atoms with E-state index in [1.807, 2.05) is 36.4 Å². The summed E-state index contributed by atoms with van der Waals surface area (Å²) in [5.41, 5.74) is 1.36. The van der Waals surface area contributed by atoms with E-state index in [9.17, 15) is 24.6 Å². The van der Waals surface area contributed by atoms with Crippen LogP contribution in [0.1, 0.15) is 35.3 Å². The second-order valence-corrected chi connectivity index (χ2v) is 10.7. The Labute approximate surface area is 221 Å². The average molecular weight is 527 g/mol. The van der Waals surface area contributed by atoms with Crippen LogP contribution in [-0.2, 0) is 16.0 Å². The molecular weight excluding hydrogens is 492 g/mol. The lowest BCUT2D eigenvalue weighted by atomic mass is 9.96. The van der Waals surface area contributed by atoms with Crippen molar-refractivity contribution in [1.82, 2.24) is 15.5 Å². The van der Waals surface area contributed by atoms with Gasteiger partial charge in [-0.3, -0.25) is 14.4 Å². The molecular formula is C27H34N4O5S. The number of aromatic hydroxyl groups is 1. The summed E-state index contributed by atoms with van der Waals surface area (Å²) >= 11 is 1.36. The third-order valence-corrected chi connectivity index (χ3v) is 7.58. The molecule has 2 aromatic rings. The second kappa shape index (κ2) is 13.1. The summed E-state index contributed by atoms with van der Waals surface area (Å²) in [7, 11) is 1.42. The number of nitriles is 1. The van der Waals surface area contributed by atoms with Gasteiger partial charge in [0.15, 0.2) is 6.10 Å². The fraction of sp³-hybridized carbons (Fsp3) is 0.407. The van der Waals surface area contributed by atoms with E-state index in [1.54, 1.807) is 33.1 Å². The number of amides is 3. The molecule has 2 rings (SSSR count). The van der Waals surface area contributed by atoms with Crippen molar-refractivity contribution in [3.8, 4) is 11.8 Å². The van der Waals surface area contributed by atoms with E-state index in [4.69, 9.17) is 5.26 Å². The maximum absolute atomic E-state index is 13.5. The van der Waals surface area contributed by atoms with Gasteiger partial charge in [0.1, 0.15) is 18.3 Å². The Morgan fingerprint density at radius 2 is 1.78 bits per heavy atom. The summed E-state index contributed by atoms with van der Waals surface area (Å²) < 4.78 is -0.749. The molecule has 10 heteroatoms. The standard InChI is InChI=1S/C27H34N4O5S/c1-17-19(12-9-13-21(17)32)24(34)30-20(16-18-10-7-6-8-11-18)22(33)26(36)31(4)23(27(2,3)37-5)25(35)29-15-14-28/h6-13,20,22-23,32-33H,15-16H2,1-5H3,(H,29,35)(H,30,34)/t20-,22-,23+/m0/s1. The predicted molar refractivity (Wildman–Crippen MR) is 143 cm³/mol. The molecule has 4 N–H and O–H groups in total. The zero-order valence-corrected chi connectivity index (χ0v) is 22.5. The Balaban J connectivity index is 2.39. The zero-order valence-electron chi connectivity index (χ0n) is 21.7. The molecule has 3 amide bonds. The van der Waals surface area contributed by atoms with Crippen LogP contribution >= 0.6 is 11.8 Å². The van der Waals surface area contributed by atoms with Crippen molar-refractivity contribution >= 4 is 29.5 Å². The quantitative estimate of drug-likeness (QED) is 0.328. The number of thioether (sulfide) groups is 1.